The van der Waals surface area contributed by atoms with Crippen LogP contribution in [-0.4, -0.2) is 43.0 Å². The van der Waals surface area contributed by atoms with Gasteiger partial charge in [0.05, 0.1) is 35.8 Å². The van der Waals surface area contributed by atoms with Crippen molar-refractivity contribution in [1.82, 2.24) is 15.1 Å². The van der Waals surface area contributed by atoms with Crippen molar-refractivity contribution in [2.24, 2.45) is 0 Å². The van der Waals surface area contributed by atoms with Crippen molar-refractivity contribution in [2.75, 3.05) is 12.9 Å². The van der Waals surface area contributed by atoms with Crippen LogP contribution in [0.15, 0.2) is 35.9 Å². The number of methoxy groups -OCH3 is 1. The maximum Gasteiger partial charge on any atom is 0.255 e. The first-order valence-electron chi connectivity index (χ1n) is 8.83. The van der Waals surface area contributed by atoms with Crippen LogP contribution in [0.4, 0.5) is 0 Å². The minimum atomic E-state index is -3.23. The van der Waals surface area contributed by atoms with Gasteiger partial charge in [0.1, 0.15) is 5.75 Å². The Morgan fingerprint density at radius 1 is 1.33 bits per heavy atom. The van der Waals surface area contributed by atoms with Crippen molar-refractivity contribution in [3.63, 3.8) is 0 Å². The van der Waals surface area contributed by atoms with E-state index in [0.29, 0.717) is 17.2 Å². The fourth-order valence-electron chi connectivity index (χ4n) is 3.31. The van der Waals surface area contributed by atoms with E-state index in [-0.39, 0.29) is 11.7 Å². The molecule has 0 unspecified atom stereocenters. The van der Waals surface area contributed by atoms with E-state index in [1.54, 1.807) is 10.7 Å². The van der Waals surface area contributed by atoms with Crippen molar-refractivity contribution in [1.29, 1.82) is 0 Å². The summed E-state index contributed by atoms with van der Waals surface area (Å²) in [6.07, 6.45) is 5.77. The van der Waals surface area contributed by atoms with Crippen LogP contribution in [0.1, 0.15) is 40.4 Å². The summed E-state index contributed by atoms with van der Waals surface area (Å²) in [6, 6.07) is 5.14. The number of benzene rings is 1. The standard InChI is InChI=1S/C19H21N3O4S/c1-12-9-15(22-7-5-16(21-22)13-3-4-13)10-17(26-2)18(12)19(23)20-14-6-8-27(24,25)11-14/h5-10,13-14H,3-4,11H2,1-2H3,(H,20,23)/t14-/m1/s1. The molecule has 2 aromatic rings. The van der Waals surface area contributed by atoms with Gasteiger partial charge in [0.15, 0.2) is 9.84 Å². The van der Waals surface area contributed by atoms with Crippen LogP contribution in [0.25, 0.3) is 5.69 Å². The number of carbonyl (C=O) groups excluding carboxylic acids is 1. The Balaban J connectivity index is 1.61. The van der Waals surface area contributed by atoms with E-state index in [0.717, 1.165) is 22.4 Å². The highest BCUT2D eigenvalue weighted by Crippen LogP contribution is 2.39. The molecule has 2 heterocycles. The van der Waals surface area contributed by atoms with Gasteiger partial charge < -0.3 is 10.1 Å². The number of sulfone groups is 1. The second kappa shape index (κ2) is 6.53. The van der Waals surface area contributed by atoms with E-state index >= 15 is 0 Å². The molecule has 0 bridgehead atoms. The Kier molecular flexibility index (Phi) is 4.30. The molecule has 2 aliphatic rings. The smallest absolute Gasteiger partial charge is 0.255 e. The minimum Gasteiger partial charge on any atom is -0.496 e. The third-order valence-electron chi connectivity index (χ3n) is 4.85. The number of ether oxygens (including phenoxy) is 1. The number of hydrogen-bond donors (Lipinski definition) is 1. The molecule has 1 saturated carbocycles. The first-order valence-corrected chi connectivity index (χ1v) is 10.5. The Labute approximate surface area is 157 Å². The lowest BCUT2D eigenvalue weighted by Crippen LogP contribution is -2.36. The molecule has 1 fully saturated rings. The number of aryl methyl sites for hydroxylation is 1. The molecule has 1 aliphatic heterocycles. The van der Waals surface area contributed by atoms with Crippen LogP contribution >= 0.6 is 0 Å². The van der Waals surface area contributed by atoms with Gasteiger partial charge in [0, 0.05) is 23.6 Å². The zero-order valence-electron chi connectivity index (χ0n) is 15.2. The number of rotatable bonds is 5. The summed E-state index contributed by atoms with van der Waals surface area (Å²) in [7, 11) is -1.72. The van der Waals surface area contributed by atoms with Gasteiger partial charge in [-0.25, -0.2) is 13.1 Å². The van der Waals surface area contributed by atoms with E-state index in [1.807, 2.05) is 25.3 Å². The molecule has 142 valence electrons. The number of nitrogens with one attached hydrogen (secondary N) is 1. The minimum absolute atomic E-state index is 0.116. The largest absolute Gasteiger partial charge is 0.496 e. The summed E-state index contributed by atoms with van der Waals surface area (Å²) < 4.78 is 30.3. The molecule has 0 radical (unpaired) electrons. The summed E-state index contributed by atoms with van der Waals surface area (Å²) in [5.41, 5.74) is 3.03. The van der Waals surface area contributed by atoms with Crippen LogP contribution in [0, 0.1) is 6.92 Å². The van der Waals surface area contributed by atoms with Crippen LogP contribution in [-0.2, 0) is 9.84 Å². The number of nitrogens with zero attached hydrogens (tertiary/aromatic N) is 2. The van der Waals surface area contributed by atoms with Crippen LogP contribution in [0.2, 0.25) is 0 Å². The van der Waals surface area contributed by atoms with Gasteiger partial charge in [0.2, 0.25) is 0 Å². The molecule has 1 amide bonds. The fraction of sp³-hybridized carbons (Fsp3) is 0.368. The van der Waals surface area contributed by atoms with Gasteiger partial charge in [-0.05, 0) is 43.5 Å². The van der Waals surface area contributed by atoms with Crippen molar-refractivity contribution in [2.45, 2.75) is 31.7 Å². The molecular formula is C19H21N3O4S. The lowest BCUT2D eigenvalue weighted by molar-refractivity contribution is 0.0944. The third-order valence-corrected chi connectivity index (χ3v) is 6.24. The summed E-state index contributed by atoms with van der Waals surface area (Å²) in [4.78, 5) is 12.7. The van der Waals surface area contributed by atoms with Crippen LogP contribution in [0.3, 0.4) is 0 Å². The quantitative estimate of drug-likeness (QED) is 0.849. The third kappa shape index (κ3) is 3.62. The lowest BCUT2D eigenvalue weighted by atomic mass is 10.0. The molecule has 27 heavy (non-hydrogen) atoms. The molecule has 7 nitrogen and oxygen atoms in total. The summed E-state index contributed by atoms with van der Waals surface area (Å²) in [5, 5.41) is 8.50. The topological polar surface area (TPSA) is 90.3 Å². The predicted molar refractivity (Wildman–Crippen MR) is 101 cm³/mol. The molecular weight excluding hydrogens is 366 g/mol. The van der Waals surface area contributed by atoms with Gasteiger partial charge in [-0.15, -0.1) is 0 Å². The number of aromatic nitrogens is 2. The van der Waals surface area contributed by atoms with E-state index < -0.39 is 15.9 Å². The number of amides is 1. The van der Waals surface area contributed by atoms with Crippen molar-refractivity contribution in [3.8, 4) is 11.4 Å². The molecule has 1 N–H and O–H groups in total. The van der Waals surface area contributed by atoms with Gasteiger partial charge in [-0.3, -0.25) is 4.79 Å². The summed E-state index contributed by atoms with van der Waals surface area (Å²) in [5.74, 6) is 0.516. The summed E-state index contributed by atoms with van der Waals surface area (Å²) in [6.45, 7) is 1.83. The van der Waals surface area contributed by atoms with Crippen molar-refractivity contribution >= 4 is 15.7 Å². The SMILES string of the molecule is COc1cc(-n2ccc(C3CC3)n2)cc(C)c1C(=O)N[C@@H]1C=CS(=O)(=O)C1. The van der Waals surface area contributed by atoms with Gasteiger partial charge in [-0.2, -0.15) is 5.10 Å². The highest BCUT2D eigenvalue weighted by atomic mass is 32.2. The Morgan fingerprint density at radius 2 is 2.11 bits per heavy atom. The molecule has 1 aromatic carbocycles. The maximum absolute atomic E-state index is 12.7. The average molecular weight is 387 g/mol. The maximum atomic E-state index is 12.7. The van der Waals surface area contributed by atoms with Crippen LogP contribution < -0.4 is 10.1 Å². The van der Waals surface area contributed by atoms with Crippen LogP contribution in [0.5, 0.6) is 5.75 Å². The van der Waals surface area contributed by atoms with Crippen molar-refractivity contribution in [3.05, 3.63) is 52.7 Å². The first-order chi connectivity index (χ1) is 12.9. The average Bonchev–Trinajstić information content (AvgIpc) is 3.24. The molecule has 1 aliphatic carbocycles. The molecule has 4 rings (SSSR count). The summed E-state index contributed by atoms with van der Waals surface area (Å²) >= 11 is 0. The first kappa shape index (κ1) is 17.8. The highest BCUT2D eigenvalue weighted by Gasteiger charge is 2.27. The molecule has 0 saturated heterocycles. The molecule has 0 spiro atoms. The van der Waals surface area contributed by atoms with Gasteiger partial charge in [-0.1, -0.05) is 0 Å². The van der Waals surface area contributed by atoms with E-state index in [4.69, 9.17) is 4.74 Å². The van der Waals surface area contributed by atoms with Gasteiger partial charge in [0.25, 0.3) is 5.91 Å². The van der Waals surface area contributed by atoms with E-state index in [9.17, 15) is 13.2 Å². The fourth-order valence-corrected chi connectivity index (χ4v) is 4.54. The highest BCUT2D eigenvalue weighted by molar-refractivity contribution is 7.94. The Hall–Kier alpha value is -2.61. The monoisotopic (exact) mass is 387 g/mol. The second-order valence-corrected chi connectivity index (χ2v) is 8.97. The predicted octanol–water partition coefficient (Wildman–Crippen LogP) is 2.11. The Bertz CT molecular complexity index is 1040. The zero-order valence-corrected chi connectivity index (χ0v) is 16.0. The number of hydrogen-bond acceptors (Lipinski definition) is 5. The van der Waals surface area contributed by atoms with E-state index in [2.05, 4.69) is 10.4 Å². The normalized spacial score (nSPS) is 20.6. The molecule has 8 heteroatoms. The Morgan fingerprint density at radius 3 is 2.74 bits per heavy atom. The molecule has 1 atom stereocenters. The molecule has 1 aromatic heterocycles. The lowest BCUT2D eigenvalue weighted by Gasteiger charge is -2.16. The van der Waals surface area contributed by atoms with E-state index in [1.165, 1.54) is 26.0 Å². The number of carbonyl (C=O) groups is 1. The zero-order chi connectivity index (χ0) is 19.2. The second-order valence-electron chi connectivity index (χ2n) is 7.04. The van der Waals surface area contributed by atoms with Gasteiger partial charge >= 0.3 is 0 Å². The van der Waals surface area contributed by atoms with Crippen molar-refractivity contribution < 1.29 is 17.9 Å².